The highest BCUT2D eigenvalue weighted by Gasteiger charge is 2.30. The first-order valence-corrected chi connectivity index (χ1v) is 9.02. The molecule has 2 amide bonds. The van der Waals surface area contributed by atoms with Crippen LogP contribution >= 0.6 is 0 Å². The van der Waals surface area contributed by atoms with Gasteiger partial charge >= 0.3 is 0 Å². The summed E-state index contributed by atoms with van der Waals surface area (Å²) in [5, 5.41) is 2.21. The normalized spacial score (nSPS) is 21.3. The number of amides is 2. The highest BCUT2D eigenvalue weighted by atomic mass is 19.2. The topological polar surface area (TPSA) is 52.7 Å². The first-order chi connectivity index (χ1) is 12.6. The maximum absolute atomic E-state index is 13.7. The number of benzene rings is 1. The van der Waals surface area contributed by atoms with E-state index in [1.165, 1.54) is 0 Å². The van der Waals surface area contributed by atoms with Crippen LogP contribution < -0.4 is 5.32 Å². The number of rotatable bonds is 5. The Balaban J connectivity index is 1.95. The van der Waals surface area contributed by atoms with Gasteiger partial charge in [0.2, 0.25) is 11.8 Å². The van der Waals surface area contributed by atoms with Gasteiger partial charge in [-0.1, -0.05) is 13.8 Å². The molecule has 0 aliphatic carbocycles. The van der Waals surface area contributed by atoms with Gasteiger partial charge in [-0.05, 0) is 44.4 Å². The monoisotopic (exact) mass is 385 g/mol. The molecular formula is C19H26F3N3O2. The Kier molecular flexibility index (Phi) is 6.86. The van der Waals surface area contributed by atoms with Crippen LogP contribution in [0.1, 0.15) is 27.2 Å². The molecule has 0 radical (unpaired) electrons. The average molecular weight is 385 g/mol. The highest BCUT2D eigenvalue weighted by molar-refractivity contribution is 5.93. The molecule has 0 aromatic heterocycles. The van der Waals surface area contributed by atoms with Crippen LogP contribution in [-0.4, -0.2) is 54.3 Å². The Labute approximate surface area is 157 Å². The van der Waals surface area contributed by atoms with Crippen molar-refractivity contribution in [1.82, 2.24) is 9.80 Å². The molecule has 1 saturated heterocycles. The molecule has 5 nitrogen and oxygen atoms in total. The van der Waals surface area contributed by atoms with Gasteiger partial charge in [0.15, 0.2) is 17.5 Å². The lowest BCUT2D eigenvalue weighted by atomic mass is 9.91. The lowest BCUT2D eigenvalue weighted by Gasteiger charge is -2.38. The molecular weight excluding hydrogens is 359 g/mol. The van der Waals surface area contributed by atoms with E-state index in [1.54, 1.807) is 18.9 Å². The number of hydrogen-bond acceptors (Lipinski definition) is 3. The van der Waals surface area contributed by atoms with Gasteiger partial charge in [0, 0.05) is 13.1 Å². The number of carbonyl (C=O) groups excluding carboxylic acids is 2. The molecule has 1 aliphatic heterocycles. The van der Waals surface area contributed by atoms with Crippen molar-refractivity contribution in [3.63, 3.8) is 0 Å². The minimum Gasteiger partial charge on any atom is -0.341 e. The number of piperidine rings is 1. The summed E-state index contributed by atoms with van der Waals surface area (Å²) in [7, 11) is 1.61. The predicted molar refractivity (Wildman–Crippen MR) is 96.6 cm³/mol. The van der Waals surface area contributed by atoms with Crippen LogP contribution in [0.15, 0.2) is 12.1 Å². The van der Waals surface area contributed by atoms with Crippen molar-refractivity contribution < 1.29 is 22.8 Å². The number of hydrogen-bond donors (Lipinski definition) is 1. The molecule has 1 aromatic rings. The second kappa shape index (κ2) is 8.73. The molecule has 1 aromatic carbocycles. The van der Waals surface area contributed by atoms with E-state index in [9.17, 15) is 22.8 Å². The Morgan fingerprint density at radius 1 is 1.19 bits per heavy atom. The Morgan fingerprint density at radius 3 is 2.37 bits per heavy atom. The lowest BCUT2D eigenvalue weighted by Crippen LogP contribution is -2.51. The Morgan fingerprint density at radius 2 is 1.78 bits per heavy atom. The number of likely N-dealkylation sites (N-methyl/N-ethyl adjacent to an activating group) is 1. The van der Waals surface area contributed by atoms with Crippen LogP contribution in [0.3, 0.4) is 0 Å². The number of carbonyl (C=O) groups is 2. The summed E-state index contributed by atoms with van der Waals surface area (Å²) in [6.07, 6.45) is 1.08. The zero-order chi connectivity index (χ0) is 20.3. The standard InChI is InChI=1S/C19H26F3N3O2/c1-11-7-12(2)9-25(8-11)19(27)13(3)24(4)10-16(26)23-15-6-5-14(20)17(21)18(15)22/h5-6,11-13H,7-10H2,1-4H3,(H,23,26)/t11-,12-,13+/m0/s1. The fourth-order valence-corrected chi connectivity index (χ4v) is 3.47. The molecule has 1 aliphatic rings. The number of halogens is 3. The van der Waals surface area contributed by atoms with Gasteiger partial charge in [-0.2, -0.15) is 0 Å². The smallest absolute Gasteiger partial charge is 0.239 e. The van der Waals surface area contributed by atoms with Crippen molar-refractivity contribution in [1.29, 1.82) is 0 Å². The van der Waals surface area contributed by atoms with Crippen LogP contribution in [-0.2, 0) is 9.59 Å². The van der Waals surface area contributed by atoms with E-state index >= 15 is 0 Å². The molecule has 27 heavy (non-hydrogen) atoms. The lowest BCUT2D eigenvalue weighted by molar-refractivity contribution is -0.139. The fraction of sp³-hybridized carbons (Fsp3) is 0.579. The Bertz CT molecular complexity index is 704. The van der Waals surface area contributed by atoms with Crippen LogP contribution in [0.25, 0.3) is 0 Å². The third-order valence-corrected chi connectivity index (χ3v) is 4.90. The maximum atomic E-state index is 13.7. The van der Waals surface area contributed by atoms with E-state index in [2.05, 4.69) is 19.2 Å². The van der Waals surface area contributed by atoms with Crippen molar-refractivity contribution in [3.05, 3.63) is 29.6 Å². The van der Waals surface area contributed by atoms with Crippen molar-refractivity contribution in [2.75, 3.05) is 32.0 Å². The minimum absolute atomic E-state index is 0.0669. The second-order valence-electron chi connectivity index (χ2n) is 7.55. The minimum atomic E-state index is -1.64. The molecule has 3 atom stereocenters. The summed E-state index contributed by atoms with van der Waals surface area (Å²) in [4.78, 5) is 28.2. The van der Waals surface area contributed by atoms with Crippen molar-refractivity contribution >= 4 is 17.5 Å². The summed E-state index contributed by atoms with van der Waals surface area (Å²) < 4.78 is 39.9. The third-order valence-electron chi connectivity index (χ3n) is 4.90. The van der Waals surface area contributed by atoms with Gasteiger partial charge in [0.25, 0.3) is 0 Å². The zero-order valence-corrected chi connectivity index (χ0v) is 16.1. The molecule has 1 fully saturated rings. The van der Waals surface area contributed by atoms with Crippen LogP contribution in [0.5, 0.6) is 0 Å². The number of nitrogens with one attached hydrogen (secondary N) is 1. The molecule has 1 heterocycles. The Hall–Kier alpha value is -2.09. The fourth-order valence-electron chi connectivity index (χ4n) is 3.47. The molecule has 150 valence electrons. The van der Waals surface area contributed by atoms with E-state index in [4.69, 9.17) is 0 Å². The SMILES string of the molecule is C[C@H]1C[C@H](C)CN(C(=O)[C@@H](C)N(C)CC(=O)Nc2ccc(F)c(F)c2F)C1. The van der Waals surface area contributed by atoms with E-state index in [1.807, 2.05) is 4.90 Å². The van der Waals surface area contributed by atoms with E-state index in [-0.39, 0.29) is 12.5 Å². The zero-order valence-electron chi connectivity index (χ0n) is 16.1. The van der Waals surface area contributed by atoms with E-state index in [0.29, 0.717) is 24.9 Å². The molecule has 1 N–H and O–H groups in total. The molecule has 2 rings (SSSR count). The predicted octanol–water partition coefficient (Wildman–Crippen LogP) is 2.87. The number of likely N-dealkylation sites (tertiary alicyclic amines) is 1. The third kappa shape index (κ3) is 5.22. The maximum Gasteiger partial charge on any atom is 0.239 e. The van der Waals surface area contributed by atoms with Crippen molar-refractivity contribution in [2.45, 2.75) is 33.2 Å². The molecule has 0 unspecified atom stereocenters. The first kappa shape index (κ1) is 21.2. The average Bonchev–Trinajstić information content (AvgIpc) is 2.60. The first-order valence-electron chi connectivity index (χ1n) is 9.02. The van der Waals surface area contributed by atoms with Crippen LogP contribution in [0.4, 0.5) is 18.9 Å². The van der Waals surface area contributed by atoms with Crippen LogP contribution in [0.2, 0.25) is 0 Å². The van der Waals surface area contributed by atoms with Gasteiger partial charge in [0.1, 0.15) is 0 Å². The van der Waals surface area contributed by atoms with Gasteiger partial charge < -0.3 is 10.2 Å². The number of nitrogens with zero attached hydrogens (tertiary/aromatic N) is 2. The number of anilines is 1. The van der Waals surface area contributed by atoms with E-state index in [0.717, 1.165) is 18.6 Å². The van der Waals surface area contributed by atoms with Crippen molar-refractivity contribution in [2.24, 2.45) is 11.8 Å². The quantitative estimate of drug-likeness (QED) is 0.793. The highest BCUT2D eigenvalue weighted by Crippen LogP contribution is 2.22. The van der Waals surface area contributed by atoms with Crippen molar-refractivity contribution in [3.8, 4) is 0 Å². The summed E-state index contributed by atoms with van der Waals surface area (Å²) in [5.74, 6) is -4.26. The summed E-state index contributed by atoms with van der Waals surface area (Å²) in [5.41, 5.74) is -0.440. The summed E-state index contributed by atoms with van der Waals surface area (Å²) >= 11 is 0. The largest absolute Gasteiger partial charge is 0.341 e. The van der Waals surface area contributed by atoms with E-state index < -0.39 is 35.1 Å². The summed E-state index contributed by atoms with van der Waals surface area (Å²) in [6, 6.07) is 1.15. The van der Waals surface area contributed by atoms with Gasteiger partial charge in [-0.3, -0.25) is 14.5 Å². The van der Waals surface area contributed by atoms with Gasteiger partial charge in [-0.15, -0.1) is 0 Å². The molecule has 0 saturated carbocycles. The van der Waals surface area contributed by atoms with Gasteiger partial charge in [0.05, 0.1) is 18.3 Å². The molecule has 0 bridgehead atoms. The summed E-state index contributed by atoms with van der Waals surface area (Å²) in [6.45, 7) is 7.10. The second-order valence-corrected chi connectivity index (χ2v) is 7.55. The molecule has 0 spiro atoms. The van der Waals surface area contributed by atoms with Crippen LogP contribution in [0, 0.1) is 29.3 Å². The van der Waals surface area contributed by atoms with Gasteiger partial charge in [-0.25, -0.2) is 13.2 Å². The molecule has 8 heteroatoms.